The molecule has 25 heavy (non-hydrogen) atoms. The quantitative estimate of drug-likeness (QED) is 0.532. The molecule has 1 rings (SSSR count). The zero-order valence-electron chi connectivity index (χ0n) is 16.3. The second-order valence-electron chi connectivity index (χ2n) is 7.93. The fourth-order valence-electron chi connectivity index (χ4n) is 2.44. The summed E-state index contributed by atoms with van der Waals surface area (Å²) in [5.41, 5.74) is -0.226. The third kappa shape index (κ3) is 6.65. The molecule has 0 aliphatic carbocycles. The van der Waals surface area contributed by atoms with E-state index in [1.54, 1.807) is 0 Å². The number of hydrogen-bond donors (Lipinski definition) is 1. The van der Waals surface area contributed by atoms with Crippen LogP contribution in [0.5, 0.6) is 0 Å². The Bertz CT molecular complexity index is 484. The van der Waals surface area contributed by atoms with Gasteiger partial charge in [-0.2, -0.15) is 0 Å². The number of rotatable bonds is 8. The van der Waals surface area contributed by atoms with Crippen molar-refractivity contribution in [3.05, 3.63) is 0 Å². The average Bonchev–Trinajstić information content (AvgIpc) is 2.78. The van der Waals surface area contributed by atoms with E-state index in [9.17, 15) is 14.4 Å². The maximum atomic E-state index is 12.3. The van der Waals surface area contributed by atoms with Crippen molar-refractivity contribution in [1.82, 2.24) is 10.2 Å². The normalized spacial score (nSPS) is 19.5. The summed E-state index contributed by atoms with van der Waals surface area (Å²) in [6.45, 7) is 12.7. The number of nitrogens with one attached hydrogen (secondary N) is 1. The van der Waals surface area contributed by atoms with Crippen molar-refractivity contribution in [1.29, 1.82) is 0 Å². The van der Waals surface area contributed by atoms with E-state index in [0.717, 1.165) is 0 Å². The molecule has 1 N–H and O–H groups in total. The molecule has 1 heterocycles. The zero-order chi connectivity index (χ0) is 19.2. The molecule has 2 atom stereocenters. The Morgan fingerprint density at radius 1 is 1.20 bits per heavy atom. The van der Waals surface area contributed by atoms with Gasteiger partial charge in [0, 0.05) is 12.5 Å². The molecule has 0 spiro atoms. The predicted molar refractivity (Wildman–Crippen MR) is 93.9 cm³/mol. The monoisotopic (exact) mass is 356 g/mol. The van der Waals surface area contributed by atoms with Crippen LogP contribution in [0.15, 0.2) is 0 Å². The predicted octanol–water partition coefficient (Wildman–Crippen LogP) is 2.19. The lowest BCUT2D eigenvalue weighted by molar-refractivity contribution is -0.141. The Balaban J connectivity index is 2.21. The molecule has 0 aromatic heterocycles. The van der Waals surface area contributed by atoms with Crippen LogP contribution < -0.4 is 5.32 Å². The summed E-state index contributed by atoms with van der Waals surface area (Å²) in [5, 5.41) is 2.73. The smallest absolute Gasteiger partial charge is 0.407 e. The first-order valence-electron chi connectivity index (χ1n) is 8.89. The van der Waals surface area contributed by atoms with Gasteiger partial charge in [0.25, 0.3) is 0 Å². The fourth-order valence-corrected chi connectivity index (χ4v) is 2.44. The number of hydrogen-bond acceptors (Lipinski definition) is 5. The van der Waals surface area contributed by atoms with Gasteiger partial charge in [-0.25, -0.2) is 4.79 Å². The van der Waals surface area contributed by atoms with Crippen LogP contribution in [0, 0.1) is 17.3 Å². The molecule has 1 fully saturated rings. The standard InChI is InChI=1S/C18H32N2O5/c1-12(2)13(3)19-17(23)25-10-9-24-8-7-20-15(21)11-14(16(20)22)18(4,5)6/h12-14H,7-11H2,1-6H3,(H,19,23)/t13-,14?/m1/s1. The summed E-state index contributed by atoms with van der Waals surface area (Å²) in [6, 6.07) is 0.0383. The van der Waals surface area contributed by atoms with Crippen LogP contribution in [-0.4, -0.2) is 55.2 Å². The molecule has 7 heteroatoms. The second-order valence-corrected chi connectivity index (χ2v) is 7.93. The molecule has 1 saturated heterocycles. The van der Waals surface area contributed by atoms with E-state index >= 15 is 0 Å². The van der Waals surface area contributed by atoms with Crippen molar-refractivity contribution in [2.75, 3.05) is 26.4 Å². The van der Waals surface area contributed by atoms with Gasteiger partial charge in [0.2, 0.25) is 11.8 Å². The number of ether oxygens (including phenoxy) is 2. The number of nitrogens with zero attached hydrogens (tertiary/aromatic N) is 1. The van der Waals surface area contributed by atoms with Gasteiger partial charge in [0.05, 0.1) is 25.7 Å². The summed E-state index contributed by atoms with van der Waals surface area (Å²) in [6.07, 6.45) is -0.206. The Hall–Kier alpha value is -1.63. The van der Waals surface area contributed by atoms with Gasteiger partial charge >= 0.3 is 6.09 Å². The number of alkyl carbamates (subject to hydrolysis) is 1. The lowest BCUT2D eigenvalue weighted by atomic mass is 9.80. The summed E-state index contributed by atoms with van der Waals surface area (Å²) in [5.74, 6) is -0.211. The molecule has 1 unspecified atom stereocenters. The van der Waals surface area contributed by atoms with E-state index < -0.39 is 6.09 Å². The lowest BCUT2D eigenvalue weighted by Crippen LogP contribution is -2.37. The highest BCUT2D eigenvalue weighted by atomic mass is 16.6. The van der Waals surface area contributed by atoms with Crippen LogP contribution in [0.1, 0.15) is 48.0 Å². The summed E-state index contributed by atoms with van der Waals surface area (Å²) in [4.78, 5) is 37.1. The van der Waals surface area contributed by atoms with Crippen molar-refractivity contribution in [2.24, 2.45) is 17.3 Å². The first kappa shape index (κ1) is 21.4. The Morgan fingerprint density at radius 3 is 2.36 bits per heavy atom. The summed E-state index contributed by atoms with van der Waals surface area (Å²) in [7, 11) is 0. The molecule has 0 aromatic carbocycles. The van der Waals surface area contributed by atoms with E-state index in [4.69, 9.17) is 9.47 Å². The van der Waals surface area contributed by atoms with Crippen molar-refractivity contribution in [3.8, 4) is 0 Å². The highest BCUT2D eigenvalue weighted by Crippen LogP contribution is 2.35. The first-order chi connectivity index (χ1) is 11.5. The van der Waals surface area contributed by atoms with Crippen LogP contribution >= 0.6 is 0 Å². The topological polar surface area (TPSA) is 84.9 Å². The maximum absolute atomic E-state index is 12.3. The first-order valence-corrected chi connectivity index (χ1v) is 8.89. The van der Waals surface area contributed by atoms with Crippen molar-refractivity contribution in [2.45, 2.75) is 54.0 Å². The number of amides is 3. The van der Waals surface area contributed by atoms with Gasteiger partial charge in [0.15, 0.2) is 0 Å². The molecule has 144 valence electrons. The van der Waals surface area contributed by atoms with Crippen LogP contribution in [0.3, 0.4) is 0 Å². The second kappa shape index (κ2) is 9.17. The number of carbonyl (C=O) groups is 3. The molecular weight excluding hydrogens is 324 g/mol. The van der Waals surface area contributed by atoms with E-state index in [1.807, 2.05) is 41.5 Å². The minimum Gasteiger partial charge on any atom is -0.447 e. The third-order valence-corrected chi connectivity index (χ3v) is 4.55. The van der Waals surface area contributed by atoms with Gasteiger partial charge in [-0.15, -0.1) is 0 Å². The van der Waals surface area contributed by atoms with E-state index in [-0.39, 0.29) is 62.0 Å². The maximum Gasteiger partial charge on any atom is 0.407 e. The molecule has 1 aliphatic rings. The largest absolute Gasteiger partial charge is 0.447 e. The third-order valence-electron chi connectivity index (χ3n) is 4.55. The van der Waals surface area contributed by atoms with Crippen LogP contribution in [-0.2, 0) is 19.1 Å². The molecule has 0 saturated carbocycles. The van der Waals surface area contributed by atoms with Crippen molar-refractivity contribution in [3.63, 3.8) is 0 Å². The zero-order valence-corrected chi connectivity index (χ0v) is 16.3. The number of likely N-dealkylation sites (tertiary alicyclic amines) is 1. The van der Waals surface area contributed by atoms with Gasteiger partial charge in [-0.3, -0.25) is 14.5 Å². The summed E-state index contributed by atoms with van der Waals surface area (Å²) < 4.78 is 10.4. The Labute approximate surface area is 150 Å². The van der Waals surface area contributed by atoms with Gasteiger partial charge in [0.1, 0.15) is 6.61 Å². The lowest BCUT2D eigenvalue weighted by Gasteiger charge is -2.24. The van der Waals surface area contributed by atoms with Crippen molar-refractivity contribution < 1.29 is 23.9 Å². The van der Waals surface area contributed by atoms with E-state index in [1.165, 1.54) is 4.90 Å². The highest BCUT2D eigenvalue weighted by Gasteiger charge is 2.44. The van der Waals surface area contributed by atoms with Gasteiger partial charge in [-0.05, 0) is 18.3 Å². The molecule has 1 aliphatic heterocycles. The van der Waals surface area contributed by atoms with Crippen molar-refractivity contribution >= 4 is 17.9 Å². The number of imide groups is 1. The SMILES string of the molecule is CC(C)[C@@H](C)NC(=O)OCCOCCN1C(=O)CC(C(C)(C)C)C1=O. The fraction of sp³-hybridized carbons (Fsp3) is 0.833. The molecule has 3 amide bonds. The van der Waals surface area contributed by atoms with Gasteiger partial charge in [-0.1, -0.05) is 34.6 Å². The van der Waals surface area contributed by atoms with Gasteiger partial charge < -0.3 is 14.8 Å². The molecule has 0 aromatic rings. The van der Waals surface area contributed by atoms with E-state index in [2.05, 4.69) is 5.32 Å². The minimum atomic E-state index is -0.470. The molecular formula is C18H32N2O5. The Kier molecular flexibility index (Phi) is 7.86. The van der Waals surface area contributed by atoms with Crippen LogP contribution in [0.4, 0.5) is 4.79 Å². The minimum absolute atomic E-state index is 0.0383. The number of carbonyl (C=O) groups excluding carboxylic acids is 3. The summed E-state index contributed by atoms with van der Waals surface area (Å²) >= 11 is 0. The molecule has 0 radical (unpaired) electrons. The van der Waals surface area contributed by atoms with E-state index in [0.29, 0.717) is 5.92 Å². The molecule has 0 bridgehead atoms. The Morgan fingerprint density at radius 2 is 1.84 bits per heavy atom. The van der Waals surface area contributed by atoms with Crippen LogP contribution in [0.25, 0.3) is 0 Å². The average molecular weight is 356 g/mol. The molecule has 7 nitrogen and oxygen atoms in total. The van der Waals surface area contributed by atoms with Crippen LogP contribution in [0.2, 0.25) is 0 Å². The highest BCUT2D eigenvalue weighted by molar-refractivity contribution is 6.03.